The zero-order chi connectivity index (χ0) is 9.73. The first-order chi connectivity index (χ1) is 6.14. The molecule has 0 aliphatic rings. The van der Waals surface area contributed by atoms with Crippen LogP contribution in [0.5, 0.6) is 0 Å². The molecule has 1 aromatic carbocycles. The smallest absolute Gasteiger partial charge is 0.125 e. The van der Waals surface area contributed by atoms with Crippen LogP contribution in [0.4, 0.5) is 0 Å². The van der Waals surface area contributed by atoms with Crippen molar-refractivity contribution in [1.82, 2.24) is 0 Å². The Morgan fingerprint density at radius 3 is 2.38 bits per heavy atom. The number of carbonyl (C=O) groups is 1. The van der Waals surface area contributed by atoms with Crippen molar-refractivity contribution < 1.29 is 4.79 Å². The third-order valence-electron chi connectivity index (χ3n) is 2.22. The minimum atomic E-state index is -0.185. The van der Waals surface area contributed by atoms with Crippen LogP contribution in [0.1, 0.15) is 25.8 Å². The second-order valence-corrected chi connectivity index (χ2v) is 4.09. The fraction of sp³-hybridized carbons (Fsp3) is 0.417. The van der Waals surface area contributed by atoms with Crippen molar-refractivity contribution in [2.75, 3.05) is 0 Å². The Labute approximate surface area is 79.8 Å². The van der Waals surface area contributed by atoms with E-state index in [0.717, 1.165) is 19.1 Å². The van der Waals surface area contributed by atoms with Gasteiger partial charge in [0.15, 0.2) is 0 Å². The second-order valence-electron chi connectivity index (χ2n) is 4.09. The molecule has 0 aromatic heterocycles. The third kappa shape index (κ3) is 3.41. The summed E-state index contributed by atoms with van der Waals surface area (Å²) in [5, 5.41) is 0. The zero-order valence-corrected chi connectivity index (χ0v) is 8.29. The standard InChI is InChI=1S/C12H16O/c1-12(2,10-13)9-8-11-6-4-3-5-7-11/h3-7,10H,8-9H2,1-2H3. The normalized spacial score (nSPS) is 11.2. The van der Waals surface area contributed by atoms with Gasteiger partial charge < -0.3 is 4.79 Å². The van der Waals surface area contributed by atoms with Gasteiger partial charge in [-0.15, -0.1) is 0 Å². The molecule has 0 fully saturated rings. The average molecular weight is 176 g/mol. The highest BCUT2D eigenvalue weighted by Gasteiger charge is 2.15. The predicted molar refractivity (Wildman–Crippen MR) is 54.6 cm³/mol. The van der Waals surface area contributed by atoms with Crippen molar-refractivity contribution in [3.8, 4) is 0 Å². The summed E-state index contributed by atoms with van der Waals surface area (Å²) < 4.78 is 0. The lowest BCUT2D eigenvalue weighted by Crippen LogP contribution is -2.13. The monoisotopic (exact) mass is 176 g/mol. The van der Waals surface area contributed by atoms with E-state index >= 15 is 0 Å². The van der Waals surface area contributed by atoms with Crippen LogP contribution in [0, 0.1) is 5.41 Å². The predicted octanol–water partition coefficient (Wildman–Crippen LogP) is 2.84. The number of benzene rings is 1. The van der Waals surface area contributed by atoms with Gasteiger partial charge >= 0.3 is 0 Å². The highest BCUT2D eigenvalue weighted by Crippen LogP contribution is 2.19. The molecule has 0 spiro atoms. The maximum absolute atomic E-state index is 10.6. The van der Waals surface area contributed by atoms with Crippen molar-refractivity contribution in [2.45, 2.75) is 26.7 Å². The number of hydrogen-bond acceptors (Lipinski definition) is 1. The van der Waals surface area contributed by atoms with E-state index in [9.17, 15) is 4.79 Å². The Morgan fingerprint density at radius 2 is 1.85 bits per heavy atom. The van der Waals surface area contributed by atoms with E-state index in [1.165, 1.54) is 5.56 Å². The van der Waals surface area contributed by atoms with Crippen LogP contribution in [-0.4, -0.2) is 6.29 Å². The van der Waals surface area contributed by atoms with Gasteiger partial charge in [-0.05, 0) is 18.4 Å². The van der Waals surface area contributed by atoms with Gasteiger partial charge in [-0.3, -0.25) is 0 Å². The maximum Gasteiger partial charge on any atom is 0.125 e. The molecule has 0 aliphatic carbocycles. The topological polar surface area (TPSA) is 17.1 Å². The van der Waals surface area contributed by atoms with Gasteiger partial charge in [0.05, 0.1) is 0 Å². The van der Waals surface area contributed by atoms with Crippen LogP contribution in [0.3, 0.4) is 0 Å². The molecule has 0 radical (unpaired) electrons. The number of hydrogen-bond donors (Lipinski definition) is 0. The van der Waals surface area contributed by atoms with Crippen LogP contribution >= 0.6 is 0 Å². The summed E-state index contributed by atoms with van der Waals surface area (Å²) in [5.74, 6) is 0. The molecule has 1 aromatic rings. The molecule has 70 valence electrons. The molecule has 0 saturated carbocycles. The highest BCUT2D eigenvalue weighted by molar-refractivity contribution is 5.57. The minimum absolute atomic E-state index is 0.185. The van der Waals surface area contributed by atoms with Crippen LogP contribution in [0.25, 0.3) is 0 Å². The van der Waals surface area contributed by atoms with E-state index in [1.807, 2.05) is 32.0 Å². The summed E-state index contributed by atoms with van der Waals surface area (Å²) in [6, 6.07) is 10.3. The first-order valence-electron chi connectivity index (χ1n) is 4.64. The van der Waals surface area contributed by atoms with E-state index in [0.29, 0.717) is 0 Å². The molecule has 0 amide bonds. The van der Waals surface area contributed by atoms with Crippen molar-refractivity contribution in [1.29, 1.82) is 0 Å². The van der Waals surface area contributed by atoms with Crippen LogP contribution in [0.2, 0.25) is 0 Å². The van der Waals surface area contributed by atoms with Crippen molar-refractivity contribution in [2.24, 2.45) is 5.41 Å². The van der Waals surface area contributed by atoms with Gasteiger partial charge in [0.1, 0.15) is 6.29 Å². The summed E-state index contributed by atoms with van der Waals surface area (Å²) in [4.78, 5) is 10.6. The van der Waals surface area contributed by atoms with Gasteiger partial charge in [0.25, 0.3) is 0 Å². The van der Waals surface area contributed by atoms with Gasteiger partial charge in [0.2, 0.25) is 0 Å². The van der Waals surface area contributed by atoms with Crippen molar-refractivity contribution >= 4 is 6.29 Å². The fourth-order valence-corrected chi connectivity index (χ4v) is 1.17. The fourth-order valence-electron chi connectivity index (χ4n) is 1.17. The molecule has 0 unspecified atom stereocenters. The van der Waals surface area contributed by atoms with Crippen molar-refractivity contribution in [3.63, 3.8) is 0 Å². The van der Waals surface area contributed by atoms with E-state index in [-0.39, 0.29) is 5.41 Å². The first-order valence-corrected chi connectivity index (χ1v) is 4.64. The lowest BCUT2D eigenvalue weighted by atomic mass is 9.88. The van der Waals surface area contributed by atoms with E-state index in [2.05, 4.69) is 12.1 Å². The van der Waals surface area contributed by atoms with E-state index in [1.54, 1.807) is 0 Å². The molecule has 0 heterocycles. The Hall–Kier alpha value is -1.11. The molecule has 0 aliphatic heterocycles. The molecule has 0 N–H and O–H groups in total. The van der Waals surface area contributed by atoms with E-state index in [4.69, 9.17) is 0 Å². The summed E-state index contributed by atoms with van der Waals surface area (Å²) in [5.41, 5.74) is 1.12. The summed E-state index contributed by atoms with van der Waals surface area (Å²) in [6.07, 6.45) is 2.93. The number of aldehydes is 1. The first kappa shape index (κ1) is 9.97. The lowest BCUT2D eigenvalue weighted by Gasteiger charge is -2.15. The summed E-state index contributed by atoms with van der Waals surface area (Å²) >= 11 is 0. The second kappa shape index (κ2) is 4.22. The van der Waals surface area contributed by atoms with Crippen LogP contribution in [-0.2, 0) is 11.2 Å². The van der Waals surface area contributed by atoms with Gasteiger partial charge in [-0.2, -0.15) is 0 Å². The molecular weight excluding hydrogens is 160 g/mol. The Kier molecular flexibility index (Phi) is 3.24. The molecule has 0 atom stereocenters. The Morgan fingerprint density at radius 1 is 1.23 bits per heavy atom. The molecule has 1 nitrogen and oxygen atoms in total. The van der Waals surface area contributed by atoms with Crippen LogP contribution in [0.15, 0.2) is 30.3 Å². The molecule has 0 bridgehead atoms. The molecule has 1 rings (SSSR count). The number of rotatable bonds is 4. The maximum atomic E-state index is 10.6. The molecule has 13 heavy (non-hydrogen) atoms. The van der Waals surface area contributed by atoms with Gasteiger partial charge in [-0.1, -0.05) is 44.2 Å². The zero-order valence-electron chi connectivity index (χ0n) is 8.29. The quantitative estimate of drug-likeness (QED) is 0.645. The van der Waals surface area contributed by atoms with E-state index < -0.39 is 0 Å². The van der Waals surface area contributed by atoms with Gasteiger partial charge in [0, 0.05) is 5.41 Å². The summed E-state index contributed by atoms with van der Waals surface area (Å²) in [6.45, 7) is 3.95. The SMILES string of the molecule is CC(C)(C=O)CCc1ccccc1. The number of aryl methyl sites for hydroxylation is 1. The average Bonchev–Trinajstić information content (AvgIpc) is 2.17. The summed E-state index contributed by atoms with van der Waals surface area (Å²) in [7, 11) is 0. The molecule has 0 saturated heterocycles. The third-order valence-corrected chi connectivity index (χ3v) is 2.22. The lowest BCUT2D eigenvalue weighted by molar-refractivity contribution is -0.114. The Balaban J connectivity index is 2.48. The highest BCUT2D eigenvalue weighted by atomic mass is 16.1. The van der Waals surface area contributed by atoms with Crippen molar-refractivity contribution in [3.05, 3.63) is 35.9 Å². The number of carbonyl (C=O) groups excluding carboxylic acids is 1. The van der Waals surface area contributed by atoms with Crippen LogP contribution < -0.4 is 0 Å². The largest absolute Gasteiger partial charge is 0.303 e. The van der Waals surface area contributed by atoms with Gasteiger partial charge in [-0.25, -0.2) is 0 Å². The minimum Gasteiger partial charge on any atom is -0.303 e. The Bertz CT molecular complexity index is 262. The molecule has 1 heteroatoms. The molecular formula is C12H16O.